The van der Waals surface area contributed by atoms with Crippen molar-refractivity contribution in [1.29, 1.82) is 0 Å². The smallest absolute Gasteiger partial charge is 0.269 e. The number of carbonyl (C=O) groups is 1. The average Bonchev–Trinajstić information content (AvgIpc) is 2.76. The molecule has 3 aromatic rings. The number of rotatable bonds is 7. The number of benzene rings is 3. The minimum absolute atomic E-state index is 0.0194. The van der Waals surface area contributed by atoms with Crippen molar-refractivity contribution < 1.29 is 9.72 Å². The molecule has 1 saturated heterocycles. The number of hydrogen-bond acceptors (Lipinski definition) is 4. The molecule has 152 valence electrons. The van der Waals surface area contributed by atoms with Gasteiger partial charge in [0.15, 0.2) is 0 Å². The second-order valence-electron chi connectivity index (χ2n) is 7.56. The summed E-state index contributed by atoms with van der Waals surface area (Å²) >= 11 is 0. The van der Waals surface area contributed by atoms with E-state index < -0.39 is 4.92 Å². The fourth-order valence-corrected chi connectivity index (χ4v) is 3.91. The molecular weight excluding hydrogens is 378 g/mol. The van der Waals surface area contributed by atoms with Crippen molar-refractivity contribution in [1.82, 2.24) is 10.2 Å². The maximum absolute atomic E-state index is 12.3. The molecule has 1 fully saturated rings. The fraction of sp³-hybridized carbons (Fsp3) is 0.208. The number of carbonyl (C=O) groups excluding carboxylic acids is 1. The van der Waals surface area contributed by atoms with Crippen molar-refractivity contribution >= 4 is 11.6 Å². The van der Waals surface area contributed by atoms with E-state index in [4.69, 9.17) is 0 Å². The number of non-ortho nitro benzene ring substituents is 1. The van der Waals surface area contributed by atoms with Crippen LogP contribution in [-0.2, 0) is 0 Å². The number of amides is 1. The molecule has 6 nitrogen and oxygen atoms in total. The largest absolute Gasteiger partial charge is 0.352 e. The molecule has 3 aromatic carbocycles. The summed E-state index contributed by atoms with van der Waals surface area (Å²) in [5, 5.41) is 13.7. The first-order chi connectivity index (χ1) is 14.6. The van der Waals surface area contributed by atoms with E-state index in [0.29, 0.717) is 18.0 Å². The van der Waals surface area contributed by atoms with E-state index in [0.717, 1.165) is 13.1 Å². The summed E-state index contributed by atoms with van der Waals surface area (Å²) in [7, 11) is 0. The quantitative estimate of drug-likeness (QED) is 0.479. The van der Waals surface area contributed by atoms with Gasteiger partial charge < -0.3 is 5.32 Å². The lowest BCUT2D eigenvalue weighted by atomic mass is 9.90. The maximum atomic E-state index is 12.3. The van der Waals surface area contributed by atoms with Gasteiger partial charge >= 0.3 is 0 Å². The zero-order chi connectivity index (χ0) is 20.9. The van der Waals surface area contributed by atoms with Gasteiger partial charge in [0.2, 0.25) is 0 Å². The van der Waals surface area contributed by atoms with Gasteiger partial charge in [-0.1, -0.05) is 60.7 Å². The number of nitro benzene ring substituents is 1. The van der Waals surface area contributed by atoms with Gasteiger partial charge in [-0.15, -0.1) is 0 Å². The molecule has 30 heavy (non-hydrogen) atoms. The van der Waals surface area contributed by atoms with Crippen LogP contribution >= 0.6 is 0 Å². The van der Waals surface area contributed by atoms with Crippen LogP contribution < -0.4 is 5.32 Å². The van der Waals surface area contributed by atoms with E-state index >= 15 is 0 Å². The minimum atomic E-state index is -0.472. The van der Waals surface area contributed by atoms with Crippen molar-refractivity contribution in [2.24, 2.45) is 5.92 Å². The molecule has 1 N–H and O–H groups in total. The van der Waals surface area contributed by atoms with Gasteiger partial charge in [-0.05, 0) is 23.3 Å². The third kappa shape index (κ3) is 4.39. The van der Waals surface area contributed by atoms with E-state index in [1.54, 1.807) is 0 Å². The van der Waals surface area contributed by atoms with Gasteiger partial charge in [-0.25, -0.2) is 0 Å². The van der Waals surface area contributed by atoms with Crippen LogP contribution in [0.15, 0.2) is 84.9 Å². The maximum Gasteiger partial charge on any atom is 0.269 e. The Hall–Kier alpha value is -3.51. The van der Waals surface area contributed by atoms with Crippen LogP contribution in [0.4, 0.5) is 5.69 Å². The third-order valence-electron chi connectivity index (χ3n) is 5.47. The topological polar surface area (TPSA) is 75.5 Å². The third-order valence-corrected chi connectivity index (χ3v) is 5.47. The number of nitrogens with zero attached hydrogens (tertiary/aromatic N) is 2. The Kier molecular flexibility index (Phi) is 5.86. The lowest BCUT2D eigenvalue weighted by molar-refractivity contribution is -0.384. The molecule has 0 unspecified atom stereocenters. The highest BCUT2D eigenvalue weighted by atomic mass is 16.6. The minimum Gasteiger partial charge on any atom is -0.352 e. The van der Waals surface area contributed by atoms with E-state index in [9.17, 15) is 14.9 Å². The van der Waals surface area contributed by atoms with Crippen molar-refractivity contribution in [3.05, 3.63) is 112 Å². The molecule has 0 radical (unpaired) electrons. The van der Waals surface area contributed by atoms with Crippen LogP contribution in [0, 0.1) is 16.0 Å². The molecule has 1 heterocycles. The molecule has 0 aromatic heterocycles. The molecule has 4 rings (SSSR count). The summed E-state index contributed by atoms with van der Waals surface area (Å²) < 4.78 is 0. The molecule has 0 aliphatic carbocycles. The number of nitro groups is 1. The average molecular weight is 401 g/mol. The van der Waals surface area contributed by atoms with Crippen molar-refractivity contribution in [2.75, 3.05) is 19.6 Å². The SMILES string of the molecule is O=C(NCC1CN(C(c2ccccc2)c2ccccc2)C1)c1ccc([N+](=O)[O-])cc1. The van der Waals surface area contributed by atoms with Crippen LogP contribution in [0.5, 0.6) is 0 Å². The molecule has 0 spiro atoms. The highest BCUT2D eigenvalue weighted by Crippen LogP contribution is 2.33. The molecule has 6 heteroatoms. The molecule has 1 aliphatic rings. The van der Waals surface area contributed by atoms with E-state index in [1.165, 1.54) is 35.4 Å². The number of nitrogens with one attached hydrogen (secondary N) is 1. The molecule has 1 amide bonds. The van der Waals surface area contributed by atoms with Crippen LogP contribution in [-0.4, -0.2) is 35.4 Å². The summed E-state index contributed by atoms with van der Waals surface area (Å²) in [4.78, 5) is 25.0. The predicted molar refractivity (Wildman–Crippen MR) is 115 cm³/mol. The Labute approximate surface area is 175 Å². The Morgan fingerprint density at radius 3 is 1.97 bits per heavy atom. The summed E-state index contributed by atoms with van der Waals surface area (Å²) in [6.07, 6.45) is 0. The highest BCUT2D eigenvalue weighted by Gasteiger charge is 2.34. The molecular formula is C24H23N3O3. The Balaban J connectivity index is 1.35. The monoisotopic (exact) mass is 401 g/mol. The normalized spacial score (nSPS) is 14.3. The standard InChI is InChI=1S/C24H23N3O3/c28-24(21-11-13-22(14-12-21)27(29)30)25-15-18-16-26(17-18)23(19-7-3-1-4-8-19)20-9-5-2-6-10-20/h1-14,18,23H,15-17H2,(H,25,28). The lowest BCUT2D eigenvalue weighted by Gasteiger charge is -2.45. The second kappa shape index (κ2) is 8.88. The molecule has 0 atom stereocenters. The summed E-state index contributed by atoms with van der Waals surface area (Å²) in [6.45, 7) is 2.38. The van der Waals surface area contributed by atoms with Gasteiger partial charge in [0, 0.05) is 43.2 Å². The van der Waals surface area contributed by atoms with Crippen LogP contribution in [0.2, 0.25) is 0 Å². The Morgan fingerprint density at radius 2 is 1.47 bits per heavy atom. The van der Waals surface area contributed by atoms with Gasteiger partial charge in [0.1, 0.15) is 0 Å². The van der Waals surface area contributed by atoms with Crippen molar-refractivity contribution in [3.63, 3.8) is 0 Å². The fourth-order valence-electron chi connectivity index (χ4n) is 3.91. The lowest BCUT2D eigenvalue weighted by Crippen LogP contribution is -2.52. The van der Waals surface area contributed by atoms with Gasteiger partial charge in [-0.3, -0.25) is 19.8 Å². The molecule has 0 bridgehead atoms. The first kappa shape index (κ1) is 19.8. The van der Waals surface area contributed by atoms with Gasteiger partial charge in [0.25, 0.3) is 11.6 Å². The van der Waals surface area contributed by atoms with Gasteiger partial charge in [0.05, 0.1) is 11.0 Å². The molecule has 0 saturated carbocycles. The van der Waals surface area contributed by atoms with Crippen molar-refractivity contribution in [3.8, 4) is 0 Å². The first-order valence-electron chi connectivity index (χ1n) is 9.98. The summed E-state index contributed by atoms with van der Waals surface area (Å²) in [5.74, 6) is 0.174. The zero-order valence-electron chi connectivity index (χ0n) is 16.5. The van der Waals surface area contributed by atoms with E-state index in [-0.39, 0.29) is 17.6 Å². The number of likely N-dealkylation sites (tertiary alicyclic amines) is 1. The first-order valence-corrected chi connectivity index (χ1v) is 9.98. The zero-order valence-corrected chi connectivity index (χ0v) is 16.5. The second-order valence-corrected chi connectivity index (χ2v) is 7.56. The van der Waals surface area contributed by atoms with E-state index in [1.807, 2.05) is 12.1 Å². The number of hydrogen-bond donors (Lipinski definition) is 1. The molecule has 1 aliphatic heterocycles. The van der Waals surface area contributed by atoms with Crippen LogP contribution in [0.1, 0.15) is 27.5 Å². The van der Waals surface area contributed by atoms with Crippen LogP contribution in [0.3, 0.4) is 0 Å². The predicted octanol–water partition coefficient (Wildman–Crippen LogP) is 4.05. The van der Waals surface area contributed by atoms with Gasteiger partial charge in [-0.2, -0.15) is 0 Å². The Bertz CT molecular complexity index is 961. The van der Waals surface area contributed by atoms with Crippen molar-refractivity contribution in [2.45, 2.75) is 6.04 Å². The van der Waals surface area contributed by atoms with Crippen LogP contribution in [0.25, 0.3) is 0 Å². The Morgan fingerprint density at radius 1 is 0.933 bits per heavy atom. The van der Waals surface area contributed by atoms with E-state index in [2.05, 4.69) is 58.7 Å². The summed E-state index contributed by atoms with van der Waals surface area (Å²) in [6, 6.07) is 26.8. The highest BCUT2D eigenvalue weighted by molar-refractivity contribution is 5.94. The summed E-state index contributed by atoms with van der Waals surface area (Å²) in [5.41, 5.74) is 2.94.